The number of alkyl halides is 3. The van der Waals surface area contributed by atoms with Crippen LogP contribution in [0.4, 0.5) is 18.9 Å². The molecule has 2 rings (SSSR count). The zero-order chi connectivity index (χ0) is 15.6. The number of rotatable bonds is 6. The highest BCUT2D eigenvalue weighted by Gasteiger charge is 2.34. The molecule has 0 saturated heterocycles. The van der Waals surface area contributed by atoms with Crippen LogP contribution in [0.3, 0.4) is 0 Å². The molecule has 1 fully saturated rings. The van der Waals surface area contributed by atoms with Crippen LogP contribution >= 0.6 is 0 Å². The third-order valence-electron chi connectivity index (χ3n) is 4.08. The van der Waals surface area contributed by atoms with Crippen molar-refractivity contribution in [3.8, 4) is 0 Å². The monoisotopic (exact) mass is 300 g/mol. The zero-order valence-corrected chi connectivity index (χ0v) is 12.6. The Bertz CT molecular complexity index is 481. The molecule has 1 aromatic carbocycles. The van der Waals surface area contributed by atoms with E-state index in [4.69, 9.17) is 5.73 Å². The lowest BCUT2D eigenvalue weighted by molar-refractivity contribution is -0.138. The highest BCUT2D eigenvalue weighted by molar-refractivity contribution is 5.51. The van der Waals surface area contributed by atoms with E-state index in [0.29, 0.717) is 23.6 Å². The van der Waals surface area contributed by atoms with Gasteiger partial charge in [-0.3, -0.25) is 0 Å². The fourth-order valence-corrected chi connectivity index (χ4v) is 2.46. The minimum absolute atomic E-state index is 0.235. The normalized spacial score (nSPS) is 16.9. The van der Waals surface area contributed by atoms with E-state index < -0.39 is 11.7 Å². The van der Waals surface area contributed by atoms with Crippen LogP contribution < -0.4 is 10.6 Å². The van der Waals surface area contributed by atoms with Gasteiger partial charge in [0.15, 0.2) is 0 Å². The van der Waals surface area contributed by atoms with Gasteiger partial charge >= 0.3 is 6.18 Å². The van der Waals surface area contributed by atoms with Crippen LogP contribution in [0.2, 0.25) is 0 Å². The predicted molar refractivity (Wildman–Crippen MR) is 79.4 cm³/mol. The van der Waals surface area contributed by atoms with Gasteiger partial charge in [-0.25, -0.2) is 0 Å². The molecule has 0 heterocycles. The van der Waals surface area contributed by atoms with Crippen LogP contribution in [-0.4, -0.2) is 19.6 Å². The second kappa shape index (κ2) is 6.26. The Balaban J connectivity index is 2.25. The third-order valence-corrected chi connectivity index (χ3v) is 4.08. The maximum atomic E-state index is 13.3. The van der Waals surface area contributed by atoms with Crippen LogP contribution in [-0.2, 0) is 12.6 Å². The summed E-state index contributed by atoms with van der Waals surface area (Å²) in [6, 6.07) is 4.38. The van der Waals surface area contributed by atoms with Crippen molar-refractivity contribution in [3.05, 3.63) is 29.3 Å². The summed E-state index contributed by atoms with van der Waals surface area (Å²) >= 11 is 0. The molecule has 1 aliphatic carbocycles. The largest absolute Gasteiger partial charge is 0.416 e. The average molecular weight is 300 g/mol. The van der Waals surface area contributed by atoms with E-state index >= 15 is 0 Å². The molecule has 0 aliphatic heterocycles. The summed E-state index contributed by atoms with van der Waals surface area (Å²) < 4.78 is 39.8. The van der Waals surface area contributed by atoms with Gasteiger partial charge in [0.25, 0.3) is 0 Å². The highest BCUT2D eigenvalue weighted by Crippen LogP contribution is 2.36. The van der Waals surface area contributed by atoms with Gasteiger partial charge in [-0.1, -0.05) is 13.0 Å². The molecule has 0 aromatic heterocycles. The SMILES string of the molecule is CCC(N)Cc1ccc(N(C)CC2CC2)cc1C(F)(F)F. The van der Waals surface area contributed by atoms with E-state index in [1.165, 1.54) is 18.9 Å². The molecule has 1 saturated carbocycles. The molecule has 0 bridgehead atoms. The maximum absolute atomic E-state index is 13.3. The minimum Gasteiger partial charge on any atom is -0.374 e. The van der Waals surface area contributed by atoms with Crippen LogP contribution in [0, 0.1) is 5.92 Å². The lowest BCUT2D eigenvalue weighted by atomic mass is 9.98. The van der Waals surface area contributed by atoms with E-state index in [9.17, 15) is 13.2 Å². The molecule has 5 heteroatoms. The van der Waals surface area contributed by atoms with E-state index in [2.05, 4.69) is 0 Å². The summed E-state index contributed by atoms with van der Waals surface area (Å²) in [5.74, 6) is 0.637. The van der Waals surface area contributed by atoms with Crippen molar-refractivity contribution in [1.82, 2.24) is 0 Å². The molecule has 2 N–H and O–H groups in total. The summed E-state index contributed by atoms with van der Waals surface area (Å²) in [5.41, 5.74) is 6.18. The molecule has 118 valence electrons. The van der Waals surface area contributed by atoms with Crippen molar-refractivity contribution in [3.63, 3.8) is 0 Å². The molecule has 1 atom stereocenters. The van der Waals surface area contributed by atoms with Gasteiger partial charge in [0.05, 0.1) is 5.56 Å². The summed E-state index contributed by atoms with van der Waals surface area (Å²) in [4.78, 5) is 1.91. The molecular weight excluding hydrogens is 277 g/mol. The molecule has 1 aromatic rings. The Labute approximate surface area is 124 Å². The van der Waals surface area contributed by atoms with Gasteiger partial charge in [-0.2, -0.15) is 13.2 Å². The lowest BCUT2D eigenvalue weighted by Gasteiger charge is -2.22. The van der Waals surface area contributed by atoms with Crippen LogP contribution in [0.15, 0.2) is 18.2 Å². The molecule has 1 unspecified atom stereocenters. The van der Waals surface area contributed by atoms with Gasteiger partial charge < -0.3 is 10.6 Å². The standard InChI is InChI=1S/C16H23F3N2/c1-3-13(20)8-12-6-7-14(9-15(12)16(17,18)19)21(2)10-11-4-5-11/h6-7,9,11,13H,3-5,8,10,20H2,1-2H3. The van der Waals surface area contributed by atoms with Gasteiger partial charge in [0.2, 0.25) is 0 Å². The topological polar surface area (TPSA) is 29.3 Å². The number of hydrogen-bond donors (Lipinski definition) is 1. The summed E-state index contributed by atoms with van der Waals surface area (Å²) in [5, 5.41) is 0. The van der Waals surface area contributed by atoms with Crippen LogP contribution in [0.1, 0.15) is 37.3 Å². The highest BCUT2D eigenvalue weighted by atomic mass is 19.4. The molecule has 0 spiro atoms. The summed E-state index contributed by atoms with van der Waals surface area (Å²) in [6.07, 6.45) is -1.04. The van der Waals surface area contributed by atoms with Crippen LogP contribution in [0.25, 0.3) is 0 Å². The Morgan fingerprint density at radius 2 is 2.00 bits per heavy atom. The van der Waals surface area contributed by atoms with Crippen molar-refractivity contribution in [2.75, 3.05) is 18.5 Å². The van der Waals surface area contributed by atoms with E-state index in [-0.39, 0.29) is 12.5 Å². The van der Waals surface area contributed by atoms with Crippen LogP contribution in [0.5, 0.6) is 0 Å². The molecule has 0 amide bonds. The Kier molecular flexibility index (Phi) is 4.81. The van der Waals surface area contributed by atoms with Crippen molar-refractivity contribution < 1.29 is 13.2 Å². The molecule has 21 heavy (non-hydrogen) atoms. The Morgan fingerprint density at radius 3 is 2.52 bits per heavy atom. The smallest absolute Gasteiger partial charge is 0.374 e. The minimum atomic E-state index is -4.33. The zero-order valence-electron chi connectivity index (χ0n) is 12.6. The van der Waals surface area contributed by atoms with E-state index in [1.54, 1.807) is 12.1 Å². The summed E-state index contributed by atoms with van der Waals surface area (Å²) in [6.45, 7) is 2.71. The van der Waals surface area contributed by atoms with Crippen molar-refractivity contribution >= 4 is 5.69 Å². The second-order valence-corrected chi connectivity index (χ2v) is 6.04. The maximum Gasteiger partial charge on any atom is 0.416 e. The molecule has 1 aliphatic rings. The van der Waals surface area contributed by atoms with Crippen molar-refractivity contribution in [2.24, 2.45) is 11.7 Å². The molecule has 2 nitrogen and oxygen atoms in total. The number of halogens is 3. The quantitative estimate of drug-likeness (QED) is 0.865. The van der Waals surface area contributed by atoms with Gasteiger partial charge in [0, 0.05) is 25.3 Å². The van der Waals surface area contributed by atoms with Crippen molar-refractivity contribution in [2.45, 2.75) is 44.8 Å². The molecular formula is C16H23F3N2. The number of nitrogens with two attached hydrogens (primary N) is 1. The Morgan fingerprint density at radius 1 is 1.33 bits per heavy atom. The average Bonchev–Trinajstić information content (AvgIpc) is 3.21. The number of benzene rings is 1. The number of anilines is 1. The summed E-state index contributed by atoms with van der Waals surface area (Å²) in [7, 11) is 1.85. The first-order chi connectivity index (χ1) is 9.81. The fraction of sp³-hybridized carbons (Fsp3) is 0.625. The first-order valence-corrected chi connectivity index (χ1v) is 7.48. The predicted octanol–water partition coefficient (Wildman–Crippen LogP) is 3.83. The first-order valence-electron chi connectivity index (χ1n) is 7.48. The molecule has 0 radical (unpaired) electrons. The number of hydrogen-bond acceptors (Lipinski definition) is 2. The van der Waals surface area contributed by atoms with Gasteiger partial charge in [0.1, 0.15) is 0 Å². The van der Waals surface area contributed by atoms with Gasteiger partial charge in [-0.05, 0) is 49.3 Å². The third kappa shape index (κ3) is 4.37. The first kappa shape index (κ1) is 16.1. The van der Waals surface area contributed by atoms with Gasteiger partial charge in [-0.15, -0.1) is 0 Å². The lowest BCUT2D eigenvalue weighted by Crippen LogP contribution is -2.24. The van der Waals surface area contributed by atoms with E-state index in [0.717, 1.165) is 6.54 Å². The number of nitrogens with zero attached hydrogens (tertiary/aromatic N) is 1. The fourth-order valence-electron chi connectivity index (χ4n) is 2.46. The second-order valence-electron chi connectivity index (χ2n) is 6.04. The Hall–Kier alpha value is -1.23. The van der Waals surface area contributed by atoms with Crippen molar-refractivity contribution in [1.29, 1.82) is 0 Å². The van der Waals surface area contributed by atoms with E-state index in [1.807, 2.05) is 18.9 Å².